The number of nitrogens with zero attached hydrogens (tertiary/aromatic N) is 4. The summed E-state index contributed by atoms with van der Waals surface area (Å²) in [6, 6.07) is 4.87. The molecule has 8 heteroatoms. The Kier molecular flexibility index (Phi) is 5.08. The van der Waals surface area contributed by atoms with Crippen molar-refractivity contribution < 1.29 is 9.18 Å². The van der Waals surface area contributed by atoms with Crippen LogP contribution in [0.15, 0.2) is 43.1 Å². The second-order valence-corrected chi connectivity index (χ2v) is 8.84. The first-order valence-corrected chi connectivity index (χ1v) is 10.1. The van der Waals surface area contributed by atoms with Crippen molar-refractivity contribution in [3.05, 3.63) is 60.1 Å². The molecule has 4 aromatic rings. The highest BCUT2D eigenvalue weighted by atomic mass is 19.1. The van der Waals surface area contributed by atoms with Crippen LogP contribution in [-0.4, -0.2) is 36.5 Å². The number of halogens is 1. The van der Waals surface area contributed by atoms with E-state index in [1.807, 2.05) is 13.8 Å². The number of carbonyl (C=O) groups excluding carboxylic acids is 1. The van der Waals surface area contributed by atoms with Crippen LogP contribution in [-0.2, 0) is 0 Å². The first-order valence-electron chi connectivity index (χ1n) is 10.1. The number of aromatic amines is 1. The zero-order chi connectivity index (χ0) is 22.3. The Balaban J connectivity index is 1.67. The first-order chi connectivity index (χ1) is 14.6. The zero-order valence-electron chi connectivity index (χ0n) is 18.2. The molecule has 4 rings (SSSR count). The molecule has 0 spiro atoms. The third kappa shape index (κ3) is 4.05. The molecule has 0 saturated heterocycles. The lowest BCUT2D eigenvalue weighted by Gasteiger charge is -2.27. The van der Waals surface area contributed by atoms with Crippen LogP contribution < -0.4 is 5.32 Å². The Morgan fingerprint density at radius 1 is 1.23 bits per heavy atom. The normalized spacial score (nSPS) is 12.8. The number of nitrogens with one attached hydrogen (secondary N) is 2. The molecule has 0 fully saturated rings. The summed E-state index contributed by atoms with van der Waals surface area (Å²) in [5, 5.41) is 3.02. The Morgan fingerprint density at radius 3 is 2.74 bits per heavy atom. The number of rotatable bonds is 4. The van der Waals surface area contributed by atoms with Crippen molar-refractivity contribution in [3.8, 4) is 17.1 Å². The molecule has 2 N–H and O–H groups in total. The molecular formula is C23H25FN6O. The molecule has 7 nitrogen and oxygen atoms in total. The number of aromatic nitrogens is 5. The van der Waals surface area contributed by atoms with Crippen molar-refractivity contribution >= 4 is 17.1 Å². The molecule has 0 bridgehead atoms. The molecule has 0 radical (unpaired) electrons. The Morgan fingerprint density at radius 2 is 2.00 bits per heavy atom. The second kappa shape index (κ2) is 7.61. The molecule has 160 valence electrons. The van der Waals surface area contributed by atoms with E-state index in [1.54, 1.807) is 35.3 Å². The van der Waals surface area contributed by atoms with Crippen molar-refractivity contribution in [2.45, 2.75) is 40.7 Å². The van der Waals surface area contributed by atoms with E-state index in [-0.39, 0.29) is 23.2 Å². The fraction of sp³-hybridized carbons (Fsp3) is 0.304. The standard InChI is InChI=1S/C23H25FN6O/c1-13-6-7-16(24)19(8-13)30-11-18(27-12-30)17-10-26-21-20(29-17)15(9-25-21)22(31)28-14(2)23(3,4)5/h6-12,14H,1-5H3,(H,25,26)(H,28,31). The zero-order valence-corrected chi connectivity index (χ0v) is 18.2. The lowest BCUT2D eigenvalue weighted by Crippen LogP contribution is -2.41. The van der Waals surface area contributed by atoms with E-state index in [4.69, 9.17) is 0 Å². The molecule has 3 aromatic heterocycles. The number of imidazole rings is 1. The fourth-order valence-corrected chi connectivity index (χ4v) is 3.09. The van der Waals surface area contributed by atoms with Gasteiger partial charge in [0, 0.05) is 18.4 Å². The summed E-state index contributed by atoms with van der Waals surface area (Å²) < 4.78 is 15.8. The molecule has 1 atom stereocenters. The number of hydrogen-bond donors (Lipinski definition) is 2. The highest BCUT2D eigenvalue weighted by molar-refractivity contribution is 6.04. The smallest absolute Gasteiger partial charge is 0.255 e. The number of hydrogen-bond acceptors (Lipinski definition) is 4. The lowest BCUT2D eigenvalue weighted by atomic mass is 9.88. The van der Waals surface area contributed by atoms with Crippen molar-refractivity contribution in [2.24, 2.45) is 5.41 Å². The van der Waals surface area contributed by atoms with Crippen molar-refractivity contribution in [2.75, 3.05) is 0 Å². The summed E-state index contributed by atoms with van der Waals surface area (Å²) >= 11 is 0. The van der Waals surface area contributed by atoms with Crippen LogP contribution in [0.4, 0.5) is 4.39 Å². The van der Waals surface area contributed by atoms with Gasteiger partial charge in [0.2, 0.25) is 0 Å². The highest BCUT2D eigenvalue weighted by Crippen LogP contribution is 2.23. The average molecular weight is 420 g/mol. The highest BCUT2D eigenvalue weighted by Gasteiger charge is 2.24. The third-order valence-electron chi connectivity index (χ3n) is 5.50. The summed E-state index contributed by atoms with van der Waals surface area (Å²) in [7, 11) is 0. The van der Waals surface area contributed by atoms with Gasteiger partial charge < -0.3 is 14.9 Å². The minimum atomic E-state index is -0.339. The minimum absolute atomic E-state index is 0.0268. The lowest BCUT2D eigenvalue weighted by molar-refractivity contribution is 0.0911. The van der Waals surface area contributed by atoms with E-state index >= 15 is 0 Å². The Hall–Kier alpha value is -3.55. The van der Waals surface area contributed by atoms with Gasteiger partial charge in [0.1, 0.15) is 29.0 Å². The summed E-state index contributed by atoms with van der Waals surface area (Å²) in [5.41, 5.74) is 3.71. The average Bonchev–Trinajstić information content (AvgIpc) is 3.35. The van der Waals surface area contributed by atoms with Crippen LogP contribution in [0.25, 0.3) is 28.2 Å². The maximum Gasteiger partial charge on any atom is 0.255 e. The number of amides is 1. The van der Waals surface area contributed by atoms with Gasteiger partial charge in [0.15, 0.2) is 5.65 Å². The molecule has 0 aliphatic carbocycles. The van der Waals surface area contributed by atoms with Gasteiger partial charge >= 0.3 is 0 Å². The van der Waals surface area contributed by atoms with Crippen LogP contribution in [0.3, 0.4) is 0 Å². The van der Waals surface area contributed by atoms with Crippen molar-refractivity contribution in [3.63, 3.8) is 0 Å². The SMILES string of the molecule is Cc1ccc(F)c(-n2cnc(-c3cnc4[nH]cc(C(=O)NC(C)C(C)(C)C)c4n3)c2)c1. The second-order valence-electron chi connectivity index (χ2n) is 8.84. The number of benzene rings is 1. The molecular weight excluding hydrogens is 395 g/mol. The van der Waals surface area contributed by atoms with Crippen LogP contribution in [0.1, 0.15) is 43.6 Å². The Bertz CT molecular complexity index is 1270. The third-order valence-corrected chi connectivity index (χ3v) is 5.50. The quantitative estimate of drug-likeness (QED) is 0.511. The van der Waals surface area contributed by atoms with Crippen LogP contribution in [0.5, 0.6) is 0 Å². The molecule has 0 saturated carbocycles. The van der Waals surface area contributed by atoms with Gasteiger partial charge in [-0.2, -0.15) is 0 Å². The maximum absolute atomic E-state index is 14.2. The van der Waals surface area contributed by atoms with Crippen LogP contribution in [0, 0.1) is 18.2 Å². The summed E-state index contributed by atoms with van der Waals surface area (Å²) in [6.07, 6.45) is 6.42. The number of H-pyrrole nitrogens is 1. The summed E-state index contributed by atoms with van der Waals surface area (Å²) in [4.78, 5) is 29.2. The van der Waals surface area contributed by atoms with Gasteiger partial charge in [0.25, 0.3) is 5.91 Å². The van der Waals surface area contributed by atoms with Crippen LogP contribution in [0.2, 0.25) is 0 Å². The minimum Gasteiger partial charge on any atom is -0.349 e. The predicted octanol–water partition coefficient (Wildman–Crippen LogP) is 4.42. The Labute approximate surface area is 179 Å². The molecule has 1 aromatic carbocycles. The van der Waals surface area contributed by atoms with Crippen LogP contribution >= 0.6 is 0 Å². The van der Waals surface area contributed by atoms with Crippen molar-refractivity contribution in [1.82, 2.24) is 29.8 Å². The van der Waals surface area contributed by atoms with E-state index < -0.39 is 0 Å². The summed E-state index contributed by atoms with van der Waals surface area (Å²) in [5.74, 6) is -0.555. The van der Waals surface area contributed by atoms with Gasteiger partial charge in [-0.1, -0.05) is 26.8 Å². The summed E-state index contributed by atoms with van der Waals surface area (Å²) in [6.45, 7) is 10.1. The van der Waals surface area contributed by atoms with Crippen molar-refractivity contribution in [1.29, 1.82) is 0 Å². The molecule has 0 aliphatic heterocycles. The topological polar surface area (TPSA) is 88.5 Å². The molecule has 1 amide bonds. The molecule has 1 unspecified atom stereocenters. The van der Waals surface area contributed by atoms with Gasteiger partial charge in [-0.15, -0.1) is 0 Å². The number of carbonyl (C=O) groups is 1. The largest absolute Gasteiger partial charge is 0.349 e. The van der Waals surface area contributed by atoms with E-state index in [0.29, 0.717) is 33.8 Å². The molecule has 0 aliphatic rings. The van der Waals surface area contributed by atoms with Gasteiger partial charge in [-0.05, 0) is 37.0 Å². The predicted molar refractivity (Wildman–Crippen MR) is 118 cm³/mol. The van der Waals surface area contributed by atoms with Gasteiger partial charge in [-0.25, -0.2) is 19.3 Å². The van der Waals surface area contributed by atoms with E-state index in [9.17, 15) is 9.18 Å². The molecule has 31 heavy (non-hydrogen) atoms. The first kappa shape index (κ1) is 20.7. The maximum atomic E-state index is 14.2. The van der Waals surface area contributed by atoms with Gasteiger partial charge in [-0.3, -0.25) is 4.79 Å². The molecule has 3 heterocycles. The fourth-order valence-electron chi connectivity index (χ4n) is 3.09. The van der Waals surface area contributed by atoms with Gasteiger partial charge in [0.05, 0.1) is 17.4 Å². The van der Waals surface area contributed by atoms with E-state index in [2.05, 4.69) is 46.0 Å². The van der Waals surface area contributed by atoms with E-state index in [0.717, 1.165) is 5.56 Å². The number of fused-ring (bicyclic) bond motifs is 1. The van der Waals surface area contributed by atoms with E-state index in [1.165, 1.54) is 12.4 Å². The monoisotopic (exact) mass is 420 g/mol. The number of aryl methyl sites for hydroxylation is 1.